The van der Waals surface area contributed by atoms with E-state index in [1.165, 1.54) is 38.9 Å². The maximum Gasteiger partial charge on any atom is 0.143 e. The van der Waals surface area contributed by atoms with Crippen molar-refractivity contribution in [1.29, 1.82) is 0 Å². The van der Waals surface area contributed by atoms with Gasteiger partial charge in [-0.15, -0.1) is 0 Å². The molecule has 7 aromatic carbocycles. The monoisotopic (exact) mass is 564 g/mol. The fourth-order valence-electron chi connectivity index (χ4n) is 6.79. The van der Waals surface area contributed by atoms with Gasteiger partial charge in [-0.2, -0.15) is 0 Å². The molecule has 3 heteroatoms. The number of nitrogens with one attached hydrogen (secondary N) is 1. The summed E-state index contributed by atoms with van der Waals surface area (Å²) in [6.07, 6.45) is 0.0121. The molecule has 0 aliphatic carbocycles. The molecule has 1 unspecified atom stereocenters. The zero-order valence-corrected chi connectivity index (χ0v) is 23.9. The van der Waals surface area contributed by atoms with Crippen LogP contribution in [0.2, 0.25) is 0 Å². The van der Waals surface area contributed by atoms with Crippen molar-refractivity contribution in [3.05, 3.63) is 163 Å². The first kappa shape index (κ1) is 24.8. The number of furan rings is 1. The molecule has 0 bridgehead atoms. The van der Waals surface area contributed by atoms with Crippen LogP contribution in [-0.2, 0) is 0 Å². The highest BCUT2D eigenvalue weighted by Crippen LogP contribution is 2.47. The van der Waals surface area contributed by atoms with Crippen LogP contribution in [0.5, 0.6) is 0 Å². The van der Waals surface area contributed by atoms with Crippen molar-refractivity contribution < 1.29 is 4.42 Å². The van der Waals surface area contributed by atoms with Crippen LogP contribution in [0.3, 0.4) is 0 Å². The largest absolute Gasteiger partial charge is 0.455 e. The number of anilines is 3. The van der Waals surface area contributed by atoms with Crippen molar-refractivity contribution in [2.24, 2.45) is 0 Å². The van der Waals surface area contributed by atoms with Gasteiger partial charge in [0.2, 0.25) is 0 Å². The lowest BCUT2D eigenvalue weighted by Crippen LogP contribution is -2.23. The minimum atomic E-state index is 0.0121. The summed E-state index contributed by atoms with van der Waals surface area (Å²) < 4.78 is 6.36. The summed E-state index contributed by atoms with van der Waals surface area (Å²) in [5.41, 5.74) is 11.3. The fraction of sp³-hybridized carbons (Fsp3) is 0.0244. The molecule has 44 heavy (non-hydrogen) atoms. The van der Waals surface area contributed by atoms with Gasteiger partial charge in [-0.25, -0.2) is 0 Å². The minimum Gasteiger partial charge on any atom is -0.455 e. The third-order valence-electron chi connectivity index (χ3n) is 8.85. The predicted molar refractivity (Wildman–Crippen MR) is 183 cm³/mol. The molecule has 1 aromatic heterocycles. The molecule has 1 N–H and O–H groups in total. The summed E-state index contributed by atoms with van der Waals surface area (Å²) in [5.74, 6) is 0. The van der Waals surface area contributed by atoms with E-state index in [4.69, 9.17) is 4.42 Å². The summed E-state index contributed by atoms with van der Waals surface area (Å²) in [5, 5.41) is 8.45. The van der Waals surface area contributed by atoms with Gasteiger partial charge in [-0.05, 0) is 75.7 Å². The van der Waals surface area contributed by atoms with Crippen LogP contribution in [-0.4, -0.2) is 0 Å². The zero-order chi connectivity index (χ0) is 29.0. The average molecular weight is 565 g/mol. The van der Waals surface area contributed by atoms with Crippen LogP contribution in [0.15, 0.2) is 162 Å². The van der Waals surface area contributed by atoms with E-state index in [2.05, 4.69) is 156 Å². The van der Waals surface area contributed by atoms with Crippen molar-refractivity contribution in [2.75, 3.05) is 10.2 Å². The summed E-state index contributed by atoms with van der Waals surface area (Å²) in [4.78, 5) is 2.39. The van der Waals surface area contributed by atoms with Crippen LogP contribution in [0.25, 0.3) is 55.0 Å². The molecular formula is C41H28N2O. The minimum absolute atomic E-state index is 0.0121. The first-order valence-electron chi connectivity index (χ1n) is 15.1. The van der Waals surface area contributed by atoms with Gasteiger partial charge >= 0.3 is 0 Å². The van der Waals surface area contributed by atoms with Crippen molar-refractivity contribution in [3.8, 4) is 22.3 Å². The summed E-state index contributed by atoms with van der Waals surface area (Å²) in [6, 6.07) is 56.1. The molecule has 0 amide bonds. The van der Waals surface area contributed by atoms with E-state index in [1.54, 1.807) is 0 Å². The van der Waals surface area contributed by atoms with E-state index < -0.39 is 0 Å². The third-order valence-corrected chi connectivity index (χ3v) is 8.85. The number of rotatable bonds is 4. The van der Waals surface area contributed by atoms with Crippen LogP contribution in [0.4, 0.5) is 17.1 Å². The van der Waals surface area contributed by atoms with Gasteiger partial charge in [0.15, 0.2) is 0 Å². The Hall–Kier alpha value is -5.80. The van der Waals surface area contributed by atoms with E-state index in [9.17, 15) is 0 Å². The molecule has 2 heterocycles. The topological polar surface area (TPSA) is 28.4 Å². The molecule has 0 spiro atoms. The molecule has 0 saturated carbocycles. The molecule has 0 saturated heterocycles. The van der Waals surface area contributed by atoms with Crippen molar-refractivity contribution >= 4 is 49.8 Å². The fourth-order valence-corrected chi connectivity index (χ4v) is 6.79. The average Bonchev–Trinajstić information content (AvgIpc) is 3.67. The summed E-state index contributed by atoms with van der Waals surface area (Å²) in [7, 11) is 0. The molecule has 1 aliphatic rings. The number of para-hydroxylation sites is 2. The lowest BCUT2D eigenvalue weighted by Gasteiger charge is -2.27. The van der Waals surface area contributed by atoms with Crippen LogP contribution >= 0.6 is 0 Å². The number of hydrogen-bond donors (Lipinski definition) is 1. The Balaban J connectivity index is 1.16. The summed E-state index contributed by atoms with van der Waals surface area (Å²) >= 11 is 0. The highest BCUT2D eigenvalue weighted by Gasteiger charge is 2.31. The number of fused-ring (bicyclic) bond motifs is 6. The normalized spacial score (nSPS) is 14.3. The van der Waals surface area contributed by atoms with Gasteiger partial charge in [-0.1, -0.05) is 115 Å². The zero-order valence-electron chi connectivity index (χ0n) is 23.9. The second kappa shape index (κ2) is 9.89. The first-order chi connectivity index (χ1) is 21.8. The van der Waals surface area contributed by atoms with Crippen molar-refractivity contribution in [1.82, 2.24) is 0 Å². The van der Waals surface area contributed by atoms with Crippen LogP contribution in [0.1, 0.15) is 11.7 Å². The Labute approximate surface area is 255 Å². The smallest absolute Gasteiger partial charge is 0.143 e. The molecule has 3 nitrogen and oxygen atoms in total. The van der Waals surface area contributed by atoms with Crippen molar-refractivity contribution in [3.63, 3.8) is 0 Å². The molecule has 9 rings (SSSR count). The first-order valence-corrected chi connectivity index (χ1v) is 15.1. The second-order valence-electron chi connectivity index (χ2n) is 11.4. The number of nitrogens with zero attached hydrogens (tertiary/aromatic N) is 1. The Kier molecular flexibility index (Phi) is 5.57. The lowest BCUT2D eigenvalue weighted by molar-refractivity contribution is 0.672. The van der Waals surface area contributed by atoms with Crippen LogP contribution in [0, 0.1) is 0 Å². The molecule has 208 valence electrons. The van der Waals surface area contributed by atoms with Crippen LogP contribution < -0.4 is 10.2 Å². The van der Waals surface area contributed by atoms with Crippen molar-refractivity contribution in [2.45, 2.75) is 6.17 Å². The SMILES string of the molecule is c1ccc(C2Nc3cc(-c4cccc(-c5cc6c7ccccc7oc6c6ccccc56)c4)ccc3N2c2ccccc2)cc1. The van der Waals surface area contributed by atoms with Gasteiger partial charge in [0.25, 0.3) is 0 Å². The highest BCUT2D eigenvalue weighted by atomic mass is 16.3. The second-order valence-corrected chi connectivity index (χ2v) is 11.4. The Morgan fingerprint density at radius 2 is 1.18 bits per heavy atom. The van der Waals surface area contributed by atoms with Gasteiger partial charge in [0.05, 0.1) is 11.4 Å². The summed E-state index contributed by atoms with van der Waals surface area (Å²) in [6.45, 7) is 0. The standard InChI is InChI=1S/C41H28N2O/c1-3-12-27(13-4-1)41-42-37-25-29(22-23-38(37)43(41)31-16-5-2-6-17-31)28-14-11-15-30(24-28)35-26-36-33-19-9-10-21-39(33)44-40(36)34-20-8-7-18-32(34)35/h1-26,41-42H. The van der Waals surface area contributed by atoms with E-state index >= 15 is 0 Å². The molecule has 8 aromatic rings. The molecule has 0 radical (unpaired) electrons. The van der Waals surface area contributed by atoms with Gasteiger partial charge in [0, 0.05) is 21.8 Å². The highest BCUT2D eigenvalue weighted by molar-refractivity contribution is 6.19. The quantitative estimate of drug-likeness (QED) is 0.230. The van der Waals surface area contributed by atoms with Gasteiger partial charge in [-0.3, -0.25) is 0 Å². The number of benzene rings is 7. The predicted octanol–water partition coefficient (Wildman–Crippen LogP) is 11.3. The van der Waals surface area contributed by atoms with Gasteiger partial charge in [0.1, 0.15) is 17.3 Å². The lowest BCUT2D eigenvalue weighted by atomic mass is 9.93. The Morgan fingerprint density at radius 1 is 0.500 bits per heavy atom. The van der Waals surface area contributed by atoms with E-state index in [0.29, 0.717) is 0 Å². The molecule has 0 fully saturated rings. The Bertz CT molecular complexity index is 2320. The van der Waals surface area contributed by atoms with Gasteiger partial charge < -0.3 is 14.6 Å². The Morgan fingerprint density at radius 3 is 2.02 bits per heavy atom. The van der Waals surface area contributed by atoms with E-state index in [-0.39, 0.29) is 6.17 Å². The third kappa shape index (κ3) is 3.90. The maximum atomic E-state index is 6.36. The van der Waals surface area contributed by atoms with E-state index in [1.807, 2.05) is 12.1 Å². The number of hydrogen-bond acceptors (Lipinski definition) is 3. The molecule has 1 aliphatic heterocycles. The molecular weight excluding hydrogens is 536 g/mol. The van der Waals surface area contributed by atoms with E-state index in [0.717, 1.165) is 38.7 Å². The molecule has 1 atom stereocenters. The maximum absolute atomic E-state index is 6.36.